The van der Waals surface area contributed by atoms with Crippen LogP contribution in [0, 0.1) is 46.3 Å². The van der Waals surface area contributed by atoms with Crippen LogP contribution in [0.2, 0.25) is 0 Å². The summed E-state index contributed by atoms with van der Waals surface area (Å²) < 4.78 is 6.51. The van der Waals surface area contributed by atoms with Gasteiger partial charge in [0.1, 0.15) is 5.60 Å². The van der Waals surface area contributed by atoms with Crippen molar-refractivity contribution in [1.82, 2.24) is 0 Å². The first-order valence-electron chi connectivity index (χ1n) is 13.1. The van der Waals surface area contributed by atoms with Crippen LogP contribution in [0.5, 0.6) is 0 Å². The molecule has 0 aromatic rings. The van der Waals surface area contributed by atoms with Crippen molar-refractivity contribution in [2.24, 2.45) is 46.3 Å². The molecule has 5 fully saturated rings. The first-order chi connectivity index (χ1) is 13.7. The van der Waals surface area contributed by atoms with Crippen molar-refractivity contribution < 1.29 is 15.3 Å². The van der Waals surface area contributed by atoms with Crippen LogP contribution < -0.4 is 0 Å². The van der Waals surface area contributed by atoms with Crippen molar-refractivity contribution in [3.05, 3.63) is 0 Å². The molecule has 0 aromatic carbocycles. The first-order valence-corrected chi connectivity index (χ1v) is 13.1. The Bertz CT molecular complexity index is 634. The summed E-state index contributed by atoms with van der Waals surface area (Å²) in [5.41, 5.74) is 0.932. The van der Waals surface area contributed by atoms with Gasteiger partial charge in [-0.1, -0.05) is 53.9 Å². The van der Waals surface area contributed by atoms with Gasteiger partial charge in [-0.2, -0.15) is 0 Å². The van der Waals surface area contributed by atoms with E-state index in [2.05, 4.69) is 34.6 Å². The van der Waals surface area contributed by atoms with Crippen molar-refractivity contribution in [2.45, 2.75) is 123 Å². The molecule has 5 rings (SSSR count). The zero-order valence-electron chi connectivity index (χ0n) is 20.3. The molecule has 1 heterocycles. The quantitative estimate of drug-likeness (QED) is 0.573. The van der Waals surface area contributed by atoms with Crippen LogP contribution in [-0.4, -0.2) is 28.4 Å². The Balaban J connectivity index is 0.00000218. The number of epoxide rings is 1. The van der Waals surface area contributed by atoms with Crippen molar-refractivity contribution in [3.8, 4) is 0 Å². The number of fused-ring (bicyclic) bond motifs is 4. The monoisotopic (exact) mass is 420 g/mol. The van der Waals surface area contributed by atoms with Crippen LogP contribution in [0.15, 0.2) is 0 Å². The lowest BCUT2D eigenvalue weighted by Gasteiger charge is -2.59. The van der Waals surface area contributed by atoms with Crippen molar-refractivity contribution in [1.29, 1.82) is 0 Å². The molecular weight excluding hydrogens is 372 g/mol. The molecule has 1 saturated heterocycles. The fraction of sp³-hybridized carbons (Fsp3) is 1.00. The van der Waals surface area contributed by atoms with Crippen LogP contribution in [0.25, 0.3) is 0 Å². The molecule has 5 aliphatic rings. The van der Waals surface area contributed by atoms with Crippen molar-refractivity contribution in [2.75, 3.05) is 0 Å². The minimum absolute atomic E-state index is 0. The predicted octanol–water partition coefficient (Wildman–Crippen LogP) is 5.78. The topological polar surface area (TPSA) is 64.3 Å². The molecule has 30 heavy (non-hydrogen) atoms. The normalized spacial score (nSPS) is 52.5. The molecule has 3 N–H and O–H groups in total. The number of rotatable bonds is 5. The summed E-state index contributed by atoms with van der Waals surface area (Å²) in [5.74, 6) is 5.31. The van der Waals surface area contributed by atoms with E-state index in [0.717, 1.165) is 48.3 Å². The Morgan fingerprint density at radius 2 is 1.73 bits per heavy atom. The van der Waals surface area contributed by atoms with Crippen LogP contribution >= 0.6 is 0 Å². The Morgan fingerprint density at radius 3 is 2.47 bits per heavy atom. The maximum atomic E-state index is 10.4. The Kier molecular flexibility index (Phi) is 5.94. The largest absolute Gasteiger partial charge is 0.412 e. The maximum Gasteiger partial charge on any atom is 0.103 e. The second kappa shape index (κ2) is 7.73. The van der Waals surface area contributed by atoms with Gasteiger partial charge in [0.05, 0.1) is 12.2 Å². The number of aliphatic hydroxyl groups excluding tert-OH is 1. The minimum Gasteiger partial charge on any atom is -0.412 e. The first kappa shape index (κ1) is 23.1. The van der Waals surface area contributed by atoms with Gasteiger partial charge < -0.3 is 15.3 Å². The maximum absolute atomic E-state index is 10.4. The highest BCUT2D eigenvalue weighted by Gasteiger charge is 2.76. The molecule has 4 aliphatic carbocycles. The third-order valence-corrected chi connectivity index (χ3v) is 11.3. The summed E-state index contributed by atoms with van der Waals surface area (Å²) in [6.07, 6.45) is 14.8. The fourth-order valence-corrected chi connectivity index (χ4v) is 9.68. The highest BCUT2D eigenvalue weighted by molar-refractivity contribution is 5.24. The Labute approximate surface area is 185 Å². The molecule has 174 valence electrons. The summed E-state index contributed by atoms with van der Waals surface area (Å²) in [6.45, 7) is 12.6. The smallest absolute Gasteiger partial charge is 0.103 e. The molecule has 3 heteroatoms. The van der Waals surface area contributed by atoms with E-state index in [-0.39, 0.29) is 17.2 Å². The van der Waals surface area contributed by atoms with E-state index in [4.69, 9.17) is 4.74 Å². The summed E-state index contributed by atoms with van der Waals surface area (Å²) in [6, 6.07) is 0. The summed E-state index contributed by atoms with van der Waals surface area (Å²) in [5, 5.41) is 10.4. The standard InChI is InChI=1S/C27H46O2.H2O/c1-17(2)7-6-8-18(3)21-9-10-22-20-15-24-27(29-24)16-19(28)11-14-26(27,5)23(20)12-13-25(21,22)4;/h17-24,28H,6-16H2,1-5H3;1H2/t18?,19-,20-,21+,22-,23-,24?,25+,26+,27?;/m0./s1. The molecule has 0 amide bonds. The highest BCUT2D eigenvalue weighted by Crippen LogP contribution is 2.74. The van der Waals surface area contributed by atoms with E-state index < -0.39 is 0 Å². The zero-order chi connectivity index (χ0) is 20.6. The third kappa shape index (κ3) is 3.16. The van der Waals surface area contributed by atoms with E-state index in [1.807, 2.05) is 0 Å². The van der Waals surface area contributed by atoms with Crippen LogP contribution in [0.3, 0.4) is 0 Å². The van der Waals surface area contributed by atoms with Gasteiger partial charge in [0.25, 0.3) is 0 Å². The predicted molar refractivity (Wildman–Crippen MR) is 122 cm³/mol. The molecule has 0 radical (unpaired) electrons. The average molecular weight is 421 g/mol. The molecule has 3 unspecified atom stereocenters. The van der Waals surface area contributed by atoms with Crippen molar-refractivity contribution >= 4 is 0 Å². The molecule has 1 aliphatic heterocycles. The molecule has 4 saturated carbocycles. The van der Waals surface area contributed by atoms with Gasteiger partial charge in [-0.3, -0.25) is 0 Å². The highest BCUT2D eigenvalue weighted by atomic mass is 16.6. The summed E-state index contributed by atoms with van der Waals surface area (Å²) >= 11 is 0. The third-order valence-electron chi connectivity index (χ3n) is 11.3. The molecule has 1 spiro atoms. The SMILES string of the molecule is CC(C)CCCC(C)[C@H]1CC[C@H]2[C@@H]3CC4OC45C[C@@H](O)CC[C@]5(C)[C@H]3CC[C@]12C.O. The van der Waals surface area contributed by atoms with E-state index in [1.54, 1.807) is 0 Å². The summed E-state index contributed by atoms with van der Waals surface area (Å²) in [4.78, 5) is 0. The van der Waals surface area contributed by atoms with Gasteiger partial charge in [0.15, 0.2) is 0 Å². The Hall–Kier alpha value is -0.120. The lowest BCUT2D eigenvalue weighted by Crippen LogP contribution is -2.58. The van der Waals surface area contributed by atoms with Crippen LogP contribution in [0.1, 0.15) is 105 Å². The van der Waals surface area contributed by atoms with E-state index in [0.29, 0.717) is 16.9 Å². The van der Waals surface area contributed by atoms with Crippen LogP contribution in [0.4, 0.5) is 0 Å². The van der Waals surface area contributed by atoms with Gasteiger partial charge in [-0.25, -0.2) is 0 Å². The second-order valence-electron chi connectivity index (χ2n) is 13.0. The fourth-order valence-electron chi connectivity index (χ4n) is 9.68. The number of hydrogen-bond donors (Lipinski definition) is 1. The van der Waals surface area contributed by atoms with E-state index in [9.17, 15) is 5.11 Å². The molecule has 3 nitrogen and oxygen atoms in total. The number of hydrogen-bond acceptors (Lipinski definition) is 2. The lowest BCUT2D eigenvalue weighted by molar-refractivity contribution is -0.116. The lowest BCUT2D eigenvalue weighted by atomic mass is 9.44. The van der Waals surface area contributed by atoms with Crippen LogP contribution in [-0.2, 0) is 4.74 Å². The molecule has 0 bridgehead atoms. The van der Waals surface area contributed by atoms with Gasteiger partial charge in [-0.15, -0.1) is 0 Å². The zero-order valence-corrected chi connectivity index (χ0v) is 20.3. The molecular formula is C27H48O3. The second-order valence-corrected chi connectivity index (χ2v) is 13.0. The van der Waals surface area contributed by atoms with Gasteiger partial charge in [0, 0.05) is 11.8 Å². The molecule has 10 atom stereocenters. The Morgan fingerprint density at radius 1 is 0.967 bits per heavy atom. The molecule has 0 aromatic heterocycles. The van der Waals surface area contributed by atoms with E-state index >= 15 is 0 Å². The number of ether oxygens (including phenoxy) is 1. The van der Waals surface area contributed by atoms with Gasteiger partial charge in [-0.05, 0) is 85.9 Å². The van der Waals surface area contributed by atoms with Gasteiger partial charge >= 0.3 is 0 Å². The van der Waals surface area contributed by atoms with Crippen molar-refractivity contribution in [3.63, 3.8) is 0 Å². The minimum atomic E-state index is -0.124. The summed E-state index contributed by atoms with van der Waals surface area (Å²) in [7, 11) is 0. The van der Waals surface area contributed by atoms with E-state index in [1.165, 1.54) is 57.8 Å². The van der Waals surface area contributed by atoms with Gasteiger partial charge in [0.2, 0.25) is 0 Å². The average Bonchev–Trinajstić information content (AvgIpc) is 3.22. The number of aliphatic hydroxyl groups is 1.